The molecule has 2 atom stereocenters. The van der Waals surface area contributed by atoms with E-state index in [0.29, 0.717) is 13.2 Å². The third-order valence-electron chi connectivity index (χ3n) is 4.00. The van der Waals surface area contributed by atoms with Gasteiger partial charge in [0.2, 0.25) is 0 Å². The highest BCUT2D eigenvalue weighted by Crippen LogP contribution is 2.29. The smallest absolute Gasteiger partial charge is 0.257 e. The Morgan fingerprint density at radius 2 is 2.26 bits per heavy atom. The zero-order valence-electron chi connectivity index (χ0n) is 10.7. The summed E-state index contributed by atoms with van der Waals surface area (Å²) in [5.41, 5.74) is 0.112. The maximum Gasteiger partial charge on any atom is 0.257 e. The van der Waals surface area contributed by atoms with Gasteiger partial charge in [0, 0.05) is 12.7 Å². The molecule has 19 heavy (non-hydrogen) atoms. The zero-order chi connectivity index (χ0) is 13.2. The number of morpholine rings is 1. The van der Waals surface area contributed by atoms with E-state index in [-0.39, 0.29) is 23.6 Å². The molecule has 2 heterocycles. The fourth-order valence-electron chi connectivity index (χ4n) is 3.05. The van der Waals surface area contributed by atoms with Gasteiger partial charge < -0.3 is 9.64 Å². The molecule has 1 saturated heterocycles. The Morgan fingerprint density at radius 3 is 3.11 bits per heavy atom. The summed E-state index contributed by atoms with van der Waals surface area (Å²) in [6.07, 6.45) is 6.86. The molecule has 1 aromatic rings. The summed E-state index contributed by atoms with van der Waals surface area (Å²) in [6.45, 7) is 1.08. The molecular weight excluding hydrogens is 247 g/mol. The van der Waals surface area contributed by atoms with Gasteiger partial charge in [-0.3, -0.25) is 9.78 Å². The highest BCUT2D eigenvalue weighted by Gasteiger charge is 2.37. The molecule has 1 amide bonds. The van der Waals surface area contributed by atoms with Crippen LogP contribution >= 0.6 is 0 Å². The second-order valence-corrected chi connectivity index (χ2v) is 5.12. The number of pyridine rings is 1. The van der Waals surface area contributed by atoms with Crippen LogP contribution in [0.1, 0.15) is 36.0 Å². The van der Waals surface area contributed by atoms with Gasteiger partial charge in [0.1, 0.15) is 0 Å². The molecule has 102 valence electrons. The minimum atomic E-state index is -0.550. The molecule has 0 aromatic carbocycles. The SMILES string of the molecule is O=C(c1ccncc1F)N1CCOC2CCCCC21. The molecule has 2 unspecified atom stereocenters. The molecule has 1 saturated carbocycles. The van der Waals surface area contributed by atoms with Gasteiger partial charge in [-0.25, -0.2) is 4.39 Å². The summed E-state index contributed by atoms with van der Waals surface area (Å²) in [4.78, 5) is 17.9. The van der Waals surface area contributed by atoms with E-state index in [9.17, 15) is 9.18 Å². The van der Waals surface area contributed by atoms with E-state index < -0.39 is 5.82 Å². The van der Waals surface area contributed by atoms with Crippen molar-refractivity contribution in [2.75, 3.05) is 13.2 Å². The van der Waals surface area contributed by atoms with E-state index in [2.05, 4.69) is 4.98 Å². The Morgan fingerprint density at radius 1 is 1.42 bits per heavy atom. The number of fused-ring (bicyclic) bond motifs is 1. The lowest BCUT2D eigenvalue weighted by Gasteiger charge is -2.43. The number of carbonyl (C=O) groups is 1. The van der Waals surface area contributed by atoms with Crippen molar-refractivity contribution in [3.8, 4) is 0 Å². The summed E-state index contributed by atoms with van der Waals surface area (Å²) in [5.74, 6) is -0.786. The molecular formula is C14H17FN2O2. The average molecular weight is 264 g/mol. The van der Waals surface area contributed by atoms with Gasteiger partial charge in [0.25, 0.3) is 5.91 Å². The molecule has 5 heteroatoms. The summed E-state index contributed by atoms with van der Waals surface area (Å²) in [5, 5.41) is 0. The van der Waals surface area contributed by atoms with Crippen molar-refractivity contribution in [3.05, 3.63) is 29.8 Å². The van der Waals surface area contributed by atoms with Crippen LogP contribution in [0.5, 0.6) is 0 Å². The Kier molecular flexibility index (Phi) is 3.46. The van der Waals surface area contributed by atoms with Gasteiger partial charge >= 0.3 is 0 Å². The van der Waals surface area contributed by atoms with Crippen LogP contribution in [-0.2, 0) is 4.74 Å². The first-order valence-corrected chi connectivity index (χ1v) is 6.79. The number of nitrogens with zero attached hydrogens (tertiary/aromatic N) is 2. The second-order valence-electron chi connectivity index (χ2n) is 5.12. The van der Waals surface area contributed by atoms with Gasteiger partial charge in [-0.05, 0) is 18.9 Å². The number of ether oxygens (including phenoxy) is 1. The van der Waals surface area contributed by atoms with Crippen LogP contribution in [0.2, 0.25) is 0 Å². The van der Waals surface area contributed by atoms with Crippen LogP contribution in [0.15, 0.2) is 18.5 Å². The van der Waals surface area contributed by atoms with Crippen LogP contribution in [0.3, 0.4) is 0 Å². The van der Waals surface area contributed by atoms with Crippen LogP contribution in [-0.4, -0.2) is 41.1 Å². The zero-order valence-corrected chi connectivity index (χ0v) is 10.7. The van der Waals surface area contributed by atoms with Crippen molar-refractivity contribution < 1.29 is 13.9 Å². The van der Waals surface area contributed by atoms with Crippen molar-refractivity contribution in [1.29, 1.82) is 0 Å². The molecule has 3 rings (SSSR count). The number of aromatic nitrogens is 1. The van der Waals surface area contributed by atoms with Gasteiger partial charge in [0.05, 0.1) is 30.5 Å². The first-order valence-electron chi connectivity index (χ1n) is 6.79. The molecule has 1 aromatic heterocycles. The third kappa shape index (κ3) is 2.34. The quantitative estimate of drug-likeness (QED) is 0.779. The van der Waals surface area contributed by atoms with Gasteiger partial charge in [-0.2, -0.15) is 0 Å². The molecule has 0 bridgehead atoms. The van der Waals surface area contributed by atoms with E-state index in [1.807, 2.05) is 0 Å². The average Bonchev–Trinajstić information content (AvgIpc) is 2.46. The second kappa shape index (κ2) is 5.25. The lowest BCUT2D eigenvalue weighted by molar-refractivity contribution is -0.0753. The Labute approximate surface area is 111 Å². The van der Waals surface area contributed by atoms with E-state index in [0.717, 1.165) is 31.9 Å². The third-order valence-corrected chi connectivity index (χ3v) is 4.00. The van der Waals surface area contributed by atoms with Crippen LogP contribution in [0.25, 0.3) is 0 Å². The normalized spacial score (nSPS) is 26.9. The molecule has 1 aliphatic heterocycles. The lowest BCUT2D eigenvalue weighted by atomic mass is 9.90. The summed E-state index contributed by atoms with van der Waals surface area (Å²) >= 11 is 0. The molecule has 2 fully saturated rings. The molecule has 0 N–H and O–H groups in total. The number of hydrogen-bond acceptors (Lipinski definition) is 3. The van der Waals surface area contributed by atoms with E-state index in [4.69, 9.17) is 4.74 Å². The molecule has 0 radical (unpaired) electrons. The number of carbonyl (C=O) groups excluding carboxylic acids is 1. The van der Waals surface area contributed by atoms with Crippen molar-refractivity contribution >= 4 is 5.91 Å². The predicted octanol–water partition coefficient (Wildman–Crippen LogP) is 2.00. The fourth-order valence-corrected chi connectivity index (χ4v) is 3.05. The number of rotatable bonds is 1. The first-order chi connectivity index (χ1) is 9.27. The maximum atomic E-state index is 13.7. The Bertz CT molecular complexity index is 478. The minimum Gasteiger partial charge on any atom is -0.374 e. The number of amides is 1. The van der Waals surface area contributed by atoms with E-state index in [1.165, 1.54) is 12.3 Å². The van der Waals surface area contributed by atoms with Crippen molar-refractivity contribution in [2.45, 2.75) is 37.8 Å². The Hall–Kier alpha value is -1.49. The fraction of sp³-hybridized carbons (Fsp3) is 0.571. The van der Waals surface area contributed by atoms with Crippen LogP contribution in [0.4, 0.5) is 4.39 Å². The molecule has 0 spiro atoms. The largest absolute Gasteiger partial charge is 0.374 e. The Balaban J connectivity index is 1.84. The van der Waals surface area contributed by atoms with Gasteiger partial charge in [0.15, 0.2) is 5.82 Å². The summed E-state index contributed by atoms with van der Waals surface area (Å²) in [7, 11) is 0. The van der Waals surface area contributed by atoms with E-state index >= 15 is 0 Å². The molecule has 1 aliphatic carbocycles. The van der Waals surface area contributed by atoms with Gasteiger partial charge in [-0.15, -0.1) is 0 Å². The predicted molar refractivity (Wildman–Crippen MR) is 67.2 cm³/mol. The van der Waals surface area contributed by atoms with Crippen molar-refractivity contribution in [3.63, 3.8) is 0 Å². The van der Waals surface area contributed by atoms with Crippen molar-refractivity contribution in [1.82, 2.24) is 9.88 Å². The summed E-state index contributed by atoms with van der Waals surface area (Å²) in [6, 6.07) is 1.55. The molecule has 2 aliphatic rings. The number of halogens is 1. The molecule has 4 nitrogen and oxygen atoms in total. The van der Waals surface area contributed by atoms with Crippen LogP contribution in [0, 0.1) is 5.82 Å². The van der Waals surface area contributed by atoms with Crippen LogP contribution < -0.4 is 0 Å². The maximum absolute atomic E-state index is 13.7. The number of hydrogen-bond donors (Lipinski definition) is 0. The monoisotopic (exact) mass is 264 g/mol. The van der Waals surface area contributed by atoms with Gasteiger partial charge in [-0.1, -0.05) is 12.8 Å². The first kappa shape index (κ1) is 12.5. The highest BCUT2D eigenvalue weighted by atomic mass is 19.1. The summed E-state index contributed by atoms with van der Waals surface area (Å²) < 4.78 is 19.4. The van der Waals surface area contributed by atoms with Crippen molar-refractivity contribution in [2.24, 2.45) is 0 Å². The lowest BCUT2D eigenvalue weighted by Crippen LogP contribution is -2.54. The minimum absolute atomic E-state index is 0.0996. The topological polar surface area (TPSA) is 42.4 Å². The van der Waals surface area contributed by atoms with E-state index in [1.54, 1.807) is 4.90 Å². The highest BCUT2D eigenvalue weighted by molar-refractivity contribution is 5.94. The standard InChI is InChI=1S/C14H17FN2O2/c15-11-9-16-6-5-10(11)14(18)17-7-8-19-13-4-2-1-3-12(13)17/h5-6,9,12-13H,1-4,7-8H2.